The second-order valence-corrected chi connectivity index (χ2v) is 8.26. The monoisotopic (exact) mass is 419 g/mol. The largest absolute Gasteiger partial charge is 0.350 e. The molecule has 1 aromatic carbocycles. The number of hydrogen-bond acceptors (Lipinski definition) is 4. The van der Waals surface area contributed by atoms with E-state index in [0.29, 0.717) is 13.0 Å². The zero-order valence-corrected chi connectivity index (χ0v) is 18.0. The van der Waals surface area contributed by atoms with Gasteiger partial charge >= 0.3 is 0 Å². The second-order valence-electron chi connectivity index (χ2n) is 8.26. The molecule has 0 saturated carbocycles. The van der Waals surface area contributed by atoms with Crippen molar-refractivity contribution in [1.29, 1.82) is 0 Å². The summed E-state index contributed by atoms with van der Waals surface area (Å²) in [5.41, 5.74) is 3.94. The molecule has 1 fully saturated rings. The fourth-order valence-corrected chi connectivity index (χ4v) is 4.26. The van der Waals surface area contributed by atoms with Crippen LogP contribution in [0.15, 0.2) is 48.8 Å². The fraction of sp³-hybridized carbons (Fsp3) is 0.375. The number of fused-ring (bicyclic) bond motifs is 1. The average Bonchev–Trinajstić information content (AvgIpc) is 3.42. The summed E-state index contributed by atoms with van der Waals surface area (Å²) >= 11 is 0. The van der Waals surface area contributed by atoms with Gasteiger partial charge in [0.05, 0.1) is 6.04 Å². The van der Waals surface area contributed by atoms with Crippen molar-refractivity contribution in [2.45, 2.75) is 44.8 Å². The molecule has 0 unspecified atom stereocenters. The van der Waals surface area contributed by atoms with Gasteiger partial charge in [0.15, 0.2) is 0 Å². The summed E-state index contributed by atoms with van der Waals surface area (Å²) in [6, 6.07) is 11.0. The lowest BCUT2D eigenvalue weighted by Gasteiger charge is -2.24. The van der Waals surface area contributed by atoms with Crippen LogP contribution in [0.4, 0.5) is 0 Å². The number of benzene rings is 1. The van der Waals surface area contributed by atoms with Crippen LogP contribution in [0.5, 0.6) is 0 Å². The van der Waals surface area contributed by atoms with E-state index in [1.165, 1.54) is 0 Å². The molecule has 3 N–H and O–H groups in total. The second kappa shape index (κ2) is 9.31. The number of nitrogens with zero attached hydrogens (tertiary/aromatic N) is 2. The molecule has 0 bridgehead atoms. The zero-order chi connectivity index (χ0) is 21.8. The predicted octanol–water partition coefficient (Wildman–Crippen LogP) is 2.31. The van der Waals surface area contributed by atoms with E-state index in [1.54, 1.807) is 6.20 Å². The Bertz CT molecular complexity index is 1080. The third-order valence-electron chi connectivity index (χ3n) is 6.14. The molecule has 3 aromatic rings. The van der Waals surface area contributed by atoms with Gasteiger partial charge in [-0.2, -0.15) is 0 Å². The summed E-state index contributed by atoms with van der Waals surface area (Å²) in [4.78, 5) is 35.5. The first-order chi connectivity index (χ1) is 15.0. The molecular formula is C24H29N5O2. The fourth-order valence-electron chi connectivity index (χ4n) is 4.26. The van der Waals surface area contributed by atoms with Gasteiger partial charge in [0.2, 0.25) is 11.8 Å². The first-order valence-electron chi connectivity index (χ1n) is 10.8. The van der Waals surface area contributed by atoms with E-state index < -0.39 is 6.04 Å². The number of aromatic amines is 1. The zero-order valence-electron chi connectivity index (χ0n) is 18.0. The summed E-state index contributed by atoms with van der Waals surface area (Å²) in [7, 11) is 1.96. The van der Waals surface area contributed by atoms with Crippen molar-refractivity contribution in [2.75, 3.05) is 13.6 Å². The number of H-pyrrole nitrogens is 1. The van der Waals surface area contributed by atoms with Crippen LogP contribution < -0.4 is 10.6 Å². The van der Waals surface area contributed by atoms with Gasteiger partial charge in [-0.15, -0.1) is 0 Å². The van der Waals surface area contributed by atoms with E-state index in [4.69, 9.17) is 0 Å². The number of nitrogens with one attached hydrogen (secondary N) is 3. The van der Waals surface area contributed by atoms with Crippen molar-refractivity contribution in [1.82, 2.24) is 25.5 Å². The molecule has 162 valence electrons. The van der Waals surface area contributed by atoms with Crippen molar-refractivity contribution in [3.63, 3.8) is 0 Å². The molecule has 0 spiro atoms. The predicted molar refractivity (Wildman–Crippen MR) is 120 cm³/mol. The molecular weight excluding hydrogens is 390 g/mol. The van der Waals surface area contributed by atoms with Gasteiger partial charge in [-0.3, -0.25) is 14.5 Å². The van der Waals surface area contributed by atoms with Gasteiger partial charge in [0.1, 0.15) is 11.7 Å². The number of pyridine rings is 1. The van der Waals surface area contributed by atoms with Gasteiger partial charge in [-0.1, -0.05) is 24.3 Å². The maximum Gasteiger partial charge on any atom is 0.243 e. The summed E-state index contributed by atoms with van der Waals surface area (Å²) in [6.45, 7) is 3.30. The van der Waals surface area contributed by atoms with Crippen LogP contribution in [-0.4, -0.2) is 52.4 Å². The van der Waals surface area contributed by atoms with Gasteiger partial charge in [0, 0.05) is 30.7 Å². The minimum atomic E-state index is -0.633. The Labute approximate surface area is 182 Å². The lowest BCUT2D eigenvalue weighted by Crippen LogP contribution is -2.52. The summed E-state index contributed by atoms with van der Waals surface area (Å²) in [6.07, 6.45) is 5.84. The Morgan fingerprint density at radius 3 is 2.84 bits per heavy atom. The van der Waals surface area contributed by atoms with Crippen LogP contribution in [0.2, 0.25) is 0 Å². The van der Waals surface area contributed by atoms with Crippen molar-refractivity contribution in [2.24, 2.45) is 0 Å². The highest BCUT2D eigenvalue weighted by molar-refractivity contribution is 5.90. The molecule has 1 aliphatic heterocycles. The van der Waals surface area contributed by atoms with Crippen LogP contribution in [0.3, 0.4) is 0 Å². The number of aryl methyl sites for hydroxylation is 1. The molecule has 4 rings (SSSR count). The standard InChI is InChI=1S/C24H29N5O2/c1-16-6-3-4-7-17(16)14-20(28-24(31)21-8-5-13-29(21)2)23(30)27-15-18-9-11-25-22-19(18)10-12-26-22/h3-4,6-7,9-12,20-21H,5,8,13-15H2,1-2H3,(H,25,26)(H,27,30)(H,28,31)/t20-,21+/m0/s1. The third kappa shape index (κ3) is 4.77. The molecule has 2 aromatic heterocycles. The van der Waals surface area contributed by atoms with E-state index in [9.17, 15) is 9.59 Å². The molecule has 3 heterocycles. The third-order valence-corrected chi connectivity index (χ3v) is 6.14. The van der Waals surface area contributed by atoms with Crippen LogP contribution in [0.25, 0.3) is 11.0 Å². The highest BCUT2D eigenvalue weighted by atomic mass is 16.2. The summed E-state index contributed by atoms with van der Waals surface area (Å²) in [5, 5.41) is 7.02. The number of rotatable bonds is 7. The van der Waals surface area contributed by atoms with Crippen LogP contribution in [0, 0.1) is 6.92 Å². The van der Waals surface area contributed by atoms with E-state index in [-0.39, 0.29) is 17.9 Å². The van der Waals surface area contributed by atoms with Crippen LogP contribution in [0.1, 0.15) is 29.5 Å². The topological polar surface area (TPSA) is 90.1 Å². The number of likely N-dealkylation sites (N-methyl/N-ethyl adjacent to an activating group) is 1. The first kappa shape index (κ1) is 21.1. The number of carbonyl (C=O) groups excluding carboxylic acids is 2. The smallest absolute Gasteiger partial charge is 0.243 e. The highest BCUT2D eigenvalue weighted by Gasteiger charge is 2.31. The van der Waals surface area contributed by atoms with Gasteiger partial charge < -0.3 is 15.6 Å². The average molecular weight is 420 g/mol. The maximum atomic E-state index is 13.2. The van der Waals surface area contributed by atoms with E-state index in [1.807, 2.05) is 56.6 Å². The maximum absolute atomic E-state index is 13.2. The number of hydrogen-bond donors (Lipinski definition) is 3. The van der Waals surface area contributed by atoms with Crippen LogP contribution in [-0.2, 0) is 22.6 Å². The first-order valence-corrected chi connectivity index (χ1v) is 10.8. The quantitative estimate of drug-likeness (QED) is 0.548. The number of likely N-dealkylation sites (tertiary alicyclic amines) is 1. The molecule has 0 aliphatic carbocycles. The van der Waals surface area contributed by atoms with Crippen molar-refractivity contribution in [3.8, 4) is 0 Å². The van der Waals surface area contributed by atoms with Crippen molar-refractivity contribution < 1.29 is 9.59 Å². The Morgan fingerprint density at radius 1 is 1.23 bits per heavy atom. The Kier molecular flexibility index (Phi) is 6.32. The van der Waals surface area contributed by atoms with Crippen molar-refractivity contribution >= 4 is 22.8 Å². The van der Waals surface area contributed by atoms with Gasteiger partial charge in [-0.25, -0.2) is 4.98 Å². The van der Waals surface area contributed by atoms with Gasteiger partial charge in [0.25, 0.3) is 0 Å². The summed E-state index contributed by atoms with van der Waals surface area (Å²) < 4.78 is 0. The van der Waals surface area contributed by atoms with E-state index in [0.717, 1.165) is 47.1 Å². The van der Waals surface area contributed by atoms with Crippen molar-refractivity contribution in [3.05, 3.63) is 65.5 Å². The Morgan fingerprint density at radius 2 is 2.06 bits per heavy atom. The number of carbonyl (C=O) groups is 2. The summed E-state index contributed by atoms with van der Waals surface area (Å²) in [5.74, 6) is -0.261. The number of amides is 2. The molecule has 31 heavy (non-hydrogen) atoms. The molecule has 0 radical (unpaired) electrons. The van der Waals surface area contributed by atoms with Gasteiger partial charge in [-0.05, 0) is 62.2 Å². The minimum absolute atomic E-state index is 0.0781. The lowest BCUT2D eigenvalue weighted by atomic mass is 10.00. The van der Waals surface area contributed by atoms with E-state index in [2.05, 4.69) is 25.5 Å². The SMILES string of the molecule is Cc1ccccc1C[C@H](NC(=O)[C@H]1CCCN1C)C(=O)NCc1ccnc2[nH]ccc12. The van der Waals surface area contributed by atoms with Crippen LogP contribution >= 0.6 is 0 Å². The molecule has 7 nitrogen and oxygen atoms in total. The normalized spacial score (nSPS) is 17.5. The Hall–Kier alpha value is -3.19. The van der Waals surface area contributed by atoms with E-state index >= 15 is 0 Å². The Balaban J connectivity index is 1.49. The minimum Gasteiger partial charge on any atom is -0.350 e. The lowest BCUT2D eigenvalue weighted by molar-refractivity contribution is -0.131. The molecule has 7 heteroatoms. The molecule has 2 atom stereocenters. The molecule has 1 saturated heterocycles. The molecule has 1 aliphatic rings. The molecule has 2 amide bonds. The highest BCUT2D eigenvalue weighted by Crippen LogP contribution is 2.17. The number of aromatic nitrogens is 2.